The van der Waals surface area contributed by atoms with Gasteiger partial charge < -0.3 is 15.4 Å². The summed E-state index contributed by atoms with van der Waals surface area (Å²) in [7, 11) is 1.32. The van der Waals surface area contributed by atoms with Gasteiger partial charge in [0, 0.05) is 6.04 Å². The predicted octanol–water partition coefficient (Wildman–Crippen LogP) is 1.01. The number of benzene rings is 1. The minimum Gasteiger partial charge on any atom is -0.467 e. The van der Waals surface area contributed by atoms with Crippen LogP contribution in [0.4, 0.5) is 0 Å². The Balaban J connectivity index is 2.12. The molecule has 1 aromatic carbocycles. The van der Waals surface area contributed by atoms with E-state index in [2.05, 4.69) is 10.6 Å². The molecule has 5 nitrogen and oxygen atoms in total. The lowest BCUT2D eigenvalue weighted by Gasteiger charge is -2.21. The van der Waals surface area contributed by atoms with Gasteiger partial charge in [-0.25, -0.2) is 4.79 Å². The molecule has 108 valence electrons. The fourth-order valence-corrected chi connectivity index (χ4v) is 2.51. The first-order valence-corrected chi connectivity index (χ1v) is 6.80. The number of carbonyl (C=O) groups excluding carboxylic acids is 2. The average molecular weight is 276 g/mol. The maximum absolute atomic E-state index is 12.3. The molecule has 5 heteroatoms. The largest absolute Gasteiger partial charge is 0.467 e. The van der Waals surface area contributed by atoms with Gasteiger partial charge in [-0.2, -0.15) is 0 Å². The molecule has 0 aliphatic carbocycles. The Labute approximate surface area is 118 Å². The van der Waals surface area contributed by atoms with Gasteiger partial charge in [-0.05, 0) is 25.5 Å². The highest BCUT2D eigenvalue weighted by Crippen LogP contribution is 2.19. The van der Waals surface area contributed by atoms with Crippen LogP contribution in [-0.2, 0) is 14.3 Å². The normalized spacial score (nSPS) is 23.1. The van der Waals surface area contributed by atoms with Gasteiger partial charge in [0.25, 0.3) is 0 Å². The van der Waals surface area contributed by atoms with E-state index >= 15 is 0 Å². The van der Waals surface area contributed by atoms with E-state index in [9.17, 15) is 9.59 Å². The van der Waals surface area contributed by atoms with Crippen molar-refractivity contribution in [2.24, 2.45) is 5.92 Å². The summed E-state index contributed by atoms with van der Waals surface area (Å²) in [5.74, 6) is -0.671. The molecule has 1 aliphatic heterocycles. The molecule has 2 N–H and O–H groups in total. The van der Waals surface area contributed by atoms with Crippen LogP contribution in [-0.4, -0.2) is 31.6 Å². The molecule has 0 bridgehead atoms. The lowest BCUT2D eigenvalue weighted by atomic mass is 9.99. The topological polar surface area (TPSA) is 67.4 Å². The second-order valence-electron chi connectivity index (χ2n) is 5.01. The Hall–Kier alpha value is -1.88. The van der Waals surface area contributed by atoms with Crippen molar-refractivity contribution in [1.29, 1.82) is 0 Å². The SMILES string of the molecule is COC(=O)C(NC(=O)C1CCNC1C)c1ccccc1. The first-order chi connectivity index (χ1) is 9.63. The van der Waals surface area contributed by atoms with Gasteiger partial charge in [0.1, 0.15) is 0 Å². The predicted molar refractivity (Wildman–Crippen MR) is 74.9 cm³/mol. The number of carbonyl (C=O) groups is 2. The lowest BCUT2D eigenvalue weighted by molar-refractivity contribution is -0.145. The van der Waals surface area contributed by atoms with Crippen LogP contribution in [0.15, 0.2) is 30.3 Å². The summed E-state index contributed by atoms with van der Waals surface area (Å²) >= 11 is 0. The molecule has 1 fully saturated rings. The molecule has 0 spiro atoms. The van der Waals surface area contributed by atoms with E-state index in [1.807, 2.05) is 25.1 Å². The Kier molecular flexibility index (Phi) is 4.74. The zero-order valence-corrected chi connectivity index (χ0v) is 11.8. The van der Waals surface area contributed by atoms with E-state index in [0.717, 1.165) is 18.5 Å². The quantitative estimate of drug-likeness (QED) is 0.806. The van der Waals surface area contributed by atoms with E-state index < -0.39 is 12.0 Å². The highest BCUT2D eigenvalue weighted by atomic mass is 16.5. The highest BCUT2D eigenvalue weighted by molar-refractivity contribution is 5.87. The molecule has 1 amide bonds. The van der Waals surface area contributed by atoms with E-state index in [1.165, 1.54) is 7.11 Å². The summed E-state index contributed by atoms with van der Waals surface area (Å²) < 4.78 is 4.79. The van der Waals surface area contributed by atoms with Gasteiger partial charge in [-0.1, -0.05) is 30.3 Å². The molecule has 1 heterocycles. The number of hydrogen-bond acceptors (Lipinski definition) is 4. The summed E-state index contributed by atoms with van der Waals surface area (Å²) in [5.41, 5.74) is 0.728. The second kappa shape index (κ2) is 6.52. The van der Waals surface area contributed by atoms with Crippen LogP contribution in [0.2, 0.25) is 0 Å². The maximum atomic E-state index is 12.3. The first kappa shape index (κ1) is 14.5. The van der Waals surface area contributed by atoms with Crippen LogP contribution in [0.3, 0.4) is 0 Å². The van der Waals surface area contributed by atoms with Crippen molar-refractivity contribution in [2.45, 2.75) is 25.4 Å². The molecule has 1 aromatic rings. The smallest absolute Gasteiger partial charge is 0.333 e. The summed E-state index contributed by atoms with van der Waals surface area (Å²) in [6, 6.07) is 8.51. The molecule has 0 aromatic heterocycles. The van der Waals surface area contributed by atoms with E-state index in [-0.39, 0.29) is 17.9 Å². The minimum atomic E-state index is -0.749. The Bertz CT molecular complexity index is 475. The van der Waals surface area contributed by atoms with Gasteiger partial charge in [0.15, 0.2) is 6.04 Å². The highest BCUT2D eigenvalue weighted by Gasteiger charge is 2.32. The number of amides is 1. The van der Waals surface area contributed by atoms with Gasteiger partial charge in [-0.15, -0.1) is 0 Å². The molecule has 1 saturated heterocycles. The molecule has 0 radical (unpaired) electrons. The Morgan fingerprint density at radius 1 is 1.35 bits per heavy atom. The fourth-order valence-electron chi connectivity index (χ4n) is 2.51. The summed E-state index contributed by atoms with van der Waals surface area (Å²) in [6.45, 7) is 2.81. The number of hydrogen-bond donors (Lipinski definition) is 2. The van der Waals surface area contributed by atoms with Crippen LogP contribution >= 0.6 is 0 Å². The summed E-state index contributed by atoms with van der Waals surface area (Å²) in [6.07, 6.45) is 0.787. The zero-order chi connectivity index (χ0) is 14.5. The van der Waals surface area contributed by atoms with Gasteiger partial charge in [0.05, 0.1) is 13.0 Å². The number of nitrogens with one attached hydrogen (secondary N) is 2. The standard InChI is InChI=1S/C15H20N2O3/c1-10-12(8-9-16-10)14(18)17-13(15(19)20-2)11-6-4-3-5-7-11/h3-7,10,12-13,16H,8-9H2,1-2H3,(H,17,18). The van der Waals surface area contributed by atoms with Crippen molar-refractivity contribution in [3.63, 3.8) is 0 Å². The number of ether oxygens (including phenoxy) is 1. The molecule has 3 atom stereocenters. The van der Waals surface area contributed by atoms with Crippen LogP contribution < -0.4 is 10.6 Å². The molecular formula is C15H20N2O3. The van der Waals surface area contributed by atoms with Crippen molar-refractivity contribution in [1.82, 2.24) is 10.6 Å². The van der Waals surface area contributed by atoms with Crippen LogP contribution in [0, 0.1) is 5.92 Å². The lowest BCUT2D eigenvalue weighted by Crippen LogP contribution is -2.41. The van der Waals surface area contributed by atoms with Crippen LogP contribution in [0.5, 0.6) is 0 Å². The molecule has 3 unspecified atom stereocenters. The molecule has 0 saturated carbocycles. The van der Waals surface area contributed by atoms with Crippen molar-refractivity contribution in [3.8, 4) is 0 Å². The summed E-state index contributed by atoms with van der Waals surface area (Å²) in [5, 5.41) is 6.03. The third kappa shape index (κ3) is 3.17. The zero-order valence-electron chi connectivity index (χ0n) is 11.8. The summed E-state index contributed by atoms with van der Waals surface area (Å²) in [4.78, 5) is 24.2. The van der Waals surface area contributed by atoms with E-state index in [1.54, 1.807) is 12.1 Å². The Morgan fingerprint density at radius 3 is 2.60 bits per heavy atom. The molecular weight excluding hydrogens is 256 g/mol. The fraction of sp³-hybridized carbons (Fsp3) is 0.467. The Morgan fingerprint density at radius 2 is 2.05 bits per heavy atom. The number of methoxy groups -OCH3 is 1. The van der Waals surface area contributed by atoms with Gasteiger partial charge in [0.2, 0.25) is 5.91 Å². The van der Waals surface area contributed by atoms with Crippen molar-refractivity contribution in [2.75, 3.05) is 13.7 Å². The average Bonchev–Trinajstić information content (AvgIpc) is 2.91. The van der Waals surface area contributed by atoms with E-state index in [0.29, 0.717) is 0 Å². The van der Waals surface area contributed by atoms with Crippen molar-refractivity contribution in [3.05, 3.63) is 35.9 Å². The number of esters is 1. The molecule has 20 heavy (non-hydrogen) atoms. The van der Waals surface area contributed by atoms with Crippen molar-refractivity contribution < 1.29 is 14.3 Å². The van der Waals surface area contributed by atoms with E-state index in [4.69, 9.17) is 4.74 Å². The third-order valence-electron chi connectivity index (χ3n) is 3.72. The molecule has 2 rings (SSSR count). The molecule has 1 aliphatic rings. The monoisotopic (exact) mass is 276 g/mol. The van der Waals surface area contributed by atoms with Crippen LogP contribution in [0.1, 0.15) is 24.9 Å². The van der Waals surface area contributed by atoms with Crippen LogP contribution in [0.25, 0.3) is 0 Å². The second-order valence-corrected chi connectivity index (χ2v) is 5.01. The minimum absolute atomic E-state index is 0.106. The van der Waals surface area contributed by atoms with Crippen molar-refractivity contribution >= 4 is 11.9 Å². The third-order valence-corrected chi connectivity index (χ3v) is 3.72. The maximum Gasteiger partial charge on any atom is 0.333 e. The van der Waals surface area contributed by atoms with Gasteiger partial charge >= 0.3 is 5.97 Å². The van der Waals surface area contributed by atoms with Gasteiger partial charge in [-0.3, -0.25) is 4.79 Å². The number of rotatable bonds is 4. The first-order valence-electron chi connectivity index (χ1n) is 6.80.